The van der Waals surface area contributed by atoms with Crippen molar-refractivity contribution >= 4 is 23.5 Å². The fraction of sp³-hybridized carbons (Fsp3) is 0.417. The predicted octanol–water partition coefficient (Wildman–Crippen LogP) is 2.54. The van der Waals surface area contributed by atoms with Crippen LogP contribution in [0.15, 0.2) is 17.2 Å². The van der Waals surface area contributed by atoms with Gasteiger partial charge < -0.3 is 10.7 Å². The zero-order valence-corrected chi connectivity index (χ0v) is 10.2. The summed E-state index contributed by atoms with van der Waals surface area (Å²) in [6, 6.07) is 4.07. The molecule has 0 radical (unpaired) electrons. The molecule has 1 saturated heterocycles. The molecule has 0 spiro atoms. The van der Waals surface area contributed by atoms with Crippen molar-refractivity contribution < 1.29 is 0 Å². The topological polar surface area (TPSA) is 41.6 Å². The van der Waals surface area contributed by atoms with Gasteiger partial charge in [0.25, 0.3) is 0 Å². The number of benzene rings is 1. The molecule has 1 aromatic carbocycles. The van der Waals surface area contributed by atoms with Gasteiger partial charge in [-0.05, 0) is 37.5 Å². The average Bonchev–Trinajstić information content (AvgIpc) is 2.79. The molecule has 86 valence electrons. The third kappa shape index (κ3) is 2.00. The summed E-state index contributed by atoms with van der Waals surface area (Å²) in [5, 5.41) is 4.26. The normalized spacial score (nSPS) is 16.2. The molecule has 16 heavy (non-hydrogen) atoms. The molecule has 1 aromatic rings. The summed E-state index contributed by atoms with van der Waals surface area (Å²) < 4.78 is 0. The highest BCUT2D eigenvalue weighted by molar-refractivity contribution is 6.34. The fourth-order valence-electron chi connectivity index (χ4n) is 2.18. The first-order valence-electron chi connectivity index (χ1n) is 5.51. The number of rotatable bonds is 2. The van der Waals surface area contributed by atoms with Crippen LogP contribution in [0.4, 0.5) is 5.69 Å². The van der Waals surface area contributed by atoms with Crippen molar-refractivity contribution in [3.05, 3.63) is 28.3 Å². The van der Waals surface area contributed by atoms with Gasteiger partial charge in [-0.1, -0.05) is 11.6 Å². The van der Waals surface area contributed by atoms with Crippen molar-refractivity contribution in [2.75, 3.05) is 18.0 Å². The smallest absolute Gasteiger partial charge is 0.0553 e. The second kappa shape index (κ2) is 4.74. The van der Waals surface area contributed by atoms with E-state index in [-0.39, 0.29) is 0 Å². The minimum atomic E-state index is 0.749. The molecule has 1 fully saturated rings. The molecular formula is C12H16ClN3. The first-order valence-corrected chi connectivity index (χ1v) is 5.89. The standard InChI is InChI=1S/C12H16ClN3/c1-9-11(16-6-2-3-7-16)5-4-10(8-15-14)12(9)13/h4-5,8H,2-3,6-7,14H2,1H3. The summed E-state index contributed by atoms with van der Waals surface area (Å²) in [5.41, 5.74) is 3.22. The highest BCUT2D eigenvalue weighted by Gasteiger charge is 2.16. The molecule has 2 N–H and O–H groups in total. The second-order valence-electron chi connectivity index (χ2n) is 4.09. The van der Waals surface area contributed by atoms with Crippen LogP contribution in [0.3, 0.4) is 0 Å². The lowest BCUT2D eigenvalue weighted by Crippen LogP contribution is -2.18. The third-order valence-electron chi connectivity index (χ3n) is 3.05. The Hall–Kier alpha value is -1.22. The first kappa shape index (κ1) is 11.3. The summed E-state index contributed by atoms with van der Waals surface area (Å²) in [6.45, 7) is 4.30. The lowest BCUT2D eigenvalue weighted by Gasteiger charge is -2.21. The lowest BCUT2D eigenvalue weighted by atomic mass is 10.1. The van der Waals surface area contributed by atoms with Crippen LogP contribution in [-0.4, -0.2) is 19.3 Å². The van der Waals surface area contributed by atoms with Crippen molar-refractivity contribution in [3.8, 4) is 0 Å². The zero-order valence-electron chi connectivity index (χ0n) is 9.41. The van der Waals surface area contributed by atoms with Crippen LogP contribution in [0.1, 0.15) is 24.0 Å². The summed E-state index contributed by atoms with van der Waals surface area (Å²) in [4.78, 5) is 2.38. The van der Waals surface area contributed by atoms with Gasteiger partial charge in [-0.2, -0.15) is 5.10 Å². The first-order chi connectivity index (χ1) is 7.74. The van der Waals surface area contributed by atoms with Gasteiger partial charge in [0.2, 0.25) is 0 Å². The summed E-state index contributed by atoms with van der Waals surface area (Å²) in [5.74, 6) is 5.14. The quantitative estimate of drug-likeness (QED) is 0.488. The van der Waals surface area contributed by atoms with Gasteiger partial charge in [0, 0.05) is 24.3 Å². The maximum Gasteiger partial charge on any atom is 0.0553 e. The predicted molar refractivity (Wildman–Crippen MR) is 69.4 cm³/mol. The van der Waals surface area contributed by atoms with E-state index >= 15 is 0 Å². The second-order valence-corrected chi connectivity index (χ2v) is 4.46. The summed E-state index contributed by atoms with van der Waals surface area (Å²) >= 11 is 6.28. The van der Waals surface area contributed by atoms with E-state index in [0.717, 1.165) is 29.2 Å². The Balaban J connectivity index is 2.37. The molecule has 0 atom stereocenters. The largest absolute Gasteiger partial charge is 0.371 e. The zero-order chi connectivity index (χ0) is 11.5. The van der Waals surface area contributed by atoms with Crippen molar-refractivity contribution in [3.63, 3.8) is 0 Å². The molecule has 0 unspecified atom stereocenters. The fourth-order valence-corrected chi connectivity index (χ4v) is 2.39. The van der Waals surface area contributed by atoms with E-state index in [4.69, 9.17) is 17.4 Å². The number of halogens is 1. The van der Waals surface area contributed by atoms with Gasteiger partial charge in [0.05, 0.1) is 11.2 Å². The van der Waals surface area contributed by atoms with Gasteiger partial charge in [0.1, 0.15) is 0 Å². The molecule has 0 aliphatic carbocycles. The number of hydrogen-bond acceptors (Lipinski definition) is 3. The van der Waals surface area contributed by atoms with Gasteiger partial charge in [-0.25, -0.2) is 0 Å². The Bertz CT molecular complexity index is 409. The molecule has 1 heterocycles. The molecule has 1 aliphatic heterocycles. The number of hydrogen-bond donors (Lipinski definition) is 1. The minimum absolute atomic E-state index is 0.749. The molecule has 4 heteroatoms. The van der Waals surface area contributed by atoms with Gasteiger partial charge >= 0.3 is 0 Å². The van der Waals surface area contributed by atoms with Crippen molar-refractivity contribution in [2.45, 2.75) is 19.8 Å². The molecule has 2 rings (SSSR count). The van der Waals surface area contributed by atoms with Gasteiger partial charge in [-0.15, -0.1) is 0 Å². The van der Waals surface area contributed by atoms with E-state index in [2.05, 4.69) is 16.1 Å². The molecule has 1 aliphatic rings. The average molecular weight is 238 g/mol. The van der Waals surface area contributed by atoms with Crippen LogP contribution in [-0.2, 0) is 0 Å². The highest BCUT2D eigenvalue weighted by atomic mass is 35.5. The van der Waals surface area contributed by atoms with Gasteiger partial charge in [-0.3, -0.25) is 0 Å². The molecular weight excluding hydrogens is 222 g/mol. The van der Waals surface area contributed by atoms with Crippen LogP contribution in [0.25, 0.3) is 0 Å². The maximum atomic E-state index is 6.28. The Morgan fingerprint density at radius 1 is 1.38 bits per heavy atom. The highest BCUT2D eigenvalue weighted by Crippen LogP contribution is 2.31. The number of nitrogens with two attached hydrogens (primary N) is 1. The van der Waals surface area contributed by atoms with E-state index in [1.54, 1.807) is 6.21 Å². The Labute approximate surface area is 101 Å². The van der Waals surface area contributed by atoms with E-state index < -0.39 is 0 Å². The van der Waals surface area contributed by atoms with Crippen LogP contribution in [0.5, 0.6) is 0 Å². The lowest BCUT2D eigenvalue weighted by molar-refractivity contribution is 0.949. The van der Waals surface area contributed by atoms with Crippen molar-refractivity contribution in [1.29, 1.82) is 0 Å². The van der Waals surface area contributed by atoms with Crippen LogP contribution >= 0.6 is 11.6 Å². The third-order valence-corrected chi connectivity index (χ3v) is 3.55. The van der Waals surface area contributed by atoms with E-state index in [0.29, 0.717) is 0 Å². The molecule has 0 saturated carbocycles. The van der Waals surface area contributed by atoms with Crippen molar-refractivity contribution in [1.82, 2.24) is 0 Å². The number of nitrogens with zero attached hydrogens (tertiary/aromatic N) is 2. The molecule has 0 amide bonds. The van der Waals surface area contributed by atoms with Crippen LogP contribution < -0.4 is 10.7 Å². The SMILES string of the molecule is Cc1c(N2CCCC2)ccc(C=NN)c1Cl. The van der Waals surface area contributed by atoms with E-state index in [1.807, 2.05) is 13.0 Å². The Kier molecular flexibility index (Phi) is 3.34. The van der Waals surface area contributed by atoms with Crippen molar-refractivity contribution in [2.24, 2.45) is 10.9 Å². The molecule has 0 bridgehead atoms. The monoisotopic (exact) mass is 237 g/mol. The Morgan fingerprint density at radius 2 is 2.06 bits per heavy atom. The van der Waals surface area contributed by atoms with E-state index in [9.17, 15) is 0 Å². The Morgan fingerprint density at radius 3 is 2.69 bits per heavy atom. The summed E-state index contributed by atoms with van der Waals surface area (Å²) in [6.07, 6.45) is 4.12. The number of anilines is 1. The van der Waals surface area contributed by atoms with Crippen LogP contribution in [0, 0.1) is 6.92 Å². The maximum absolute atomic E-state index is 6.28. The minimum Gasteiger partial charge on any atom is -0.371 e. The van der Waals surface area contributed by atoms with E-state index in [1.165, 1.54) is 18.5 Å². The summed E-state index contributed by atoms with van der Waals surface area (Å²) in [7, 11) is 0. The molecule has 0 aromatic heterocycles. The number of hydrazone groups is 1. The van der Waals surface area contributed by atoms with Crippen LogP contribution in [0.2, 0.25) is 5.02 Å². The molecule has 3 nitrogen and oxygen atoms in total. The van der Waals surface area contributed by atoms with Gasteiger partial charge in [0.15, 0.2) is 0 Å².